The Morgan fingerprint density at radius 1 is 1.67 bits per heavy atom. The molecule has 0 aromatic carbocycles. The zero-order valence-electron chi connectivity index (χ0n) is 9.32. The lowest BCUT2D eigenvalue weighted by Crippen LogP contribution is -2.31. The van der Waals surface area contributed by atoms with Crippen molar-refractivity contribution < 1.29 is 0 Å². The van der Waals surface area contributed by atoms with Gasteiger partial charge in [0.05, 0.1) is 10.7 Å². The molecule has 0 saturated carbocycles. The summed E-state index contributed by atoms with van der Waals surface area (Å²) in [5.74, 6) is 2.57. The predicted molar refractivity (Wildman–Crippen MR) is 68.8 cm³/mol. The van der Waals surface area contributed by atoms with Crippen molar-refractivity contribution in [2.75, 3.05) is 11.5 Å². The molecule has 0 bridgehead atoms. The number of hydrogen-bond acceptors (Lipinski definition) is 4. The first kappa shape index (κ1) is 11.4. The molecule has 4 heteroatoms. The van der Waals surface area contributed by atoms with Crippen LogP contribution in [-0.2, 0) is 6.42 Å². The molecule has 0 radical (unpaired) electrons. The minimum atomic E-state index is 0.408. The summed E-state index contributed by atoms with van der Waals surface area (Å²) in [6.07, 6.45) is 2.36. The van der Waals surface area contributed by atoms with E-state index in [2.05, 4.69) is 29.5 Å². The average Bonchev–Trinajstić information content (AvgIpc) is 2.86. The van der Waals surface area contributed by atoms with E-state index in [1.807, 2.05) is 11.8 Å². The number of hydrogen-bond donors (Lipinski definition) is 1. The molecule has 84 valence electrons. The lowest BCUT2D eigenvalue weighted by molar-refractivity contribution is 0.479. The van der Waals surface area contributed by atoms with Gasteiger partial charge in [0.2, 0.25) is 0 Å². The van der Waals surface area contributed by atoms with Gasteiger partial charge in [0.15, 0.2) is 0 Å². The maximum absolute atomic E-state index is 4.62. The Balaban J connectivity index is 1.91. The minimum Gasteiger partial charge on any atom is -0.305 e. The predicted octanol–water partition coefficient (Wildman–Crippen LogP) is 2.86. The molecule has 2 atom stereocenters. The minimum absolute atomic E-state index is 0.408. The Bertz CT molecular complexity index is 305. The second-order valence-corrected chi connectivity index (χ2v) is 6.06. The second kappa shape index (κ2) is 5.32. The Hall–Kier alpha value is -0.0600. The molecular formula is C11H18N2S2. The number of aromatic nitrogens is 1. The monoisotopic (exact) mass is 242 g/mol. The van der Waals surface area contributed by atoms with E-state index in [4.69, 9.17) is 0 Å². The van der Waals surface area contributed by atoms with Crippen molar-refractivity contribution in [3.8, 4) is 0 Å². The lowest BCUT2D eigenvalue weighted by Gasteiger charge is -2.16. The molecule has 1 saturated heterocycles. The van der Waals surface area contributed by atoms with Crippen LogP contribution >= 0.6 is 23.1 Å². The van der Waals surface area contributed by atoms with Crippen LogP contribution in [0.1, 0.15) is 37.0 Å². The van der Waals surface area contributed by atoms with Gasteiger partial charge < -0.3 is 5.32 Å². The van der Waals surface area contributed by atoms with Gasteiger partial charge in [-0.3, -0.25) is 0 Å². The van der Waals surface area contributed by atoms with Gasteiger partial charge in [0.1, 0.15) is 0 Å². The van der Waals surface area contributed by atoms with E-state index in [9.17, 15) is 0 Å². The van der Waals surface area contributed by atoms with Crippen molar-refractivity contribution in [2.45, 2.75) is 38.8 Å². The quantitative estimate of drug-likeness (QED) is 0.879. The molecule has 2 rings (SSSR count). The normalized spacial score (nSPS) is 23.2. The third-order valence-corrected chi connectivity index (χ3v) is 4.90. The maximum Gasteiger partial charge on any atom is 0.0926 e. The Kier molecular flexibility index (Phi) is 4.05. The van der Waals surface area contributed by atoms with E-state index in [-0.39, 0.29) is 0 Å². The molecule has 1 aliphatic heterocycles. The van der Waals surface area contributed by atoms with Gasteiger partial charge >= 0.3 is 0 Å². The largest absolute Gasteiger partial charge is 0.305 e. The number of thiazole rings is 1. The fraction of sp³-hybridized carbons (Fsp3) is 0.727. The van der Waals surface area contributed by atoms with Crippen LogP contribution in [0.15, 0.2) is 5.38 Å². The highest BCUT2D eigenvalue weighted by Gasteiger charge is 2.19. The Morgan fingerprint density at radius 2 is 2.53 bits per heavy atom. The molecule has 2 nitrogen and oxygen atoms in total. The van der Waals surface area contributed by atoms with Crippen LogP contribution < -0.4 is 5.32 Å². The molecule has 1 aromatic heterocycles. The van der Waals surface area contributed by atoms with Gasteiger partial charge in [-0.25, -0.2) is 4.98 Å². The molecule has 1 fully saturated rings. The van der Waals surface area contributed by atoms with Crippen molar-refractivity contribution in [1.82, 2.24) is 10.3 Å². The van der Waals surface area contributed by atoms with E-state index in [1.165, 1.54) is 28.6 Å². The summed E-state index contributed by atoms with van der Waals surface area (Å²) in [6, 6.07) is 1.10. The van der Waals surface area contributed by atoms with E-state index < -0.39 is 0 Å². The van der Waals surface area contributed by atoms with E-state index >= 15 is 0 Å². The summed E-state index contributed by atoms with van der Waals surface area (Å²) in [6.45, 7) is 4.38. The highest BCUT2D eigenvalue weighted by atomic mass is 32.2. The van der Waals surface area contributed by atoms with Gasteiger partial charge in [0.25, 0.3) is 0 Å². The average molecular weight is 242 g/mol. The van der Waals surface area contributed by atoms with Crippen molar-refractivity contribution >= 4 is 23.1 Å². The van der Waals surface area contributed by atoms with Crippen LogP contribution in [0.5, 0.6) is 0 Å². The first-order valence-electron chi connectivity index (χ1n) is 5.57. The highest BCUT2D eigenvalue weighted by Crippen LogP contribution is 2.22. The molecule has 2 unspecified atom stereocenters. The zero-order valence-corrected chi connectivity index (χ0v) is 11.0. The molecule has 2 heterocycles. The molecule has 0 spiro atoms. The zero-order chi connectivity index (χ0) is 10.7. The van der Waals surface area contributed by atoms with Gasteiger partial charge in [-0.15, -0.1) is 11.3 Å². The van der Waals surface area contributed by atoms with Gasteiger partial charge in [-0.1, -0.05) is 6.92 Å². The first-order valence-corrected chi connectivity index (χ1v) is 7.61. The second-order valence-electron chi connectivity index (χ2n) is 3.97. The van der Waals surface area contributed by atoms with Crippen LogP contribution in [0.25, 0.3) is 0 Å². The van der Waals surface area contributed by atoms with Crippen molar-refractivity contribution in [3.63, 3.8) is 0 Å². The maximum atomic E-state index is 4.62. The molecule has 15 heavy (non-hydrogen) atoms. The molecule has 0 amide bonds. The standard InChI is InChI=1S/C11H18N2S2/c1-3-11-13-10(7-15-11)8(2)12-9-4-5-14-6-9/h7-9,12H,3-6H2,1-2H3. The third-order valence-electron chi connectivity index (χ3n) is 2.73. The lowest BCUT2D eigenvalue weighted by atomic mass is 10.2. The fourth-order valence-electron chi connectivity index (χ4n) is 1.79. The molecule has 1 aliphatic rings. The summed E-state index contributed by atoms with van der Waals surface area (Å²) in [4.78, 5) is 4.62. The number of thioether (sulfide) groups is 1. The SMILES string of the molecule is CCc1nc(C(C)NC2CCSC2)cs1. The molecule has 1 N–H and O–H groups in total. The Labute approximate surface area is 99.9 Å². The molecule has 1 aromatic rings. The van der Waals surface area contributed by atoms with Crippen LogP contribution in [-0.4, -0.2) is 22.5 Å². The number of nitrogens with one attached hydrogen (secondary N) is 1. The van der Waals surface area contributed by atoms with Crippen LogP contribution in [0.3, 0.4) is 0 Å². The summed E-state index contributed by atoms with van der Waals surface area (Å²) in [5, 5.41) is 7.10. The fourth-order valence-corrected chi connectivity index (χ4v) is 3.79. The van der Waals surface area contributed by atoms with Crippen LogP contribution in [0.2, 0.25) is 0 Å². The summed E-state index contributed by atoms with van der Waals surface area (Å²) in [7, 11) is 0. The van der Waals surface area contributed by atoms with Gasteiger partial charge in [-0.05, 0) is 25.5 Å². The number of rotatable bonds is 4. The smallest absolute Gasteiger partial charge is 0.0926 e. The van der Waals surface area contributed by atoms with Crippen molar-refractivity contribution in [2.24, 2.45) is 0 Å². The van der Waals surface area contributed by atoms with Gasteiger partial charge in [-0.2, -0.15) is 11.8 Å². The Morgan fingerprint density at radius 3 is 3.13 bits per heavy atom. The number of nitrogens with zero attached hydrogens (tertiary/aromatic N) is 1. The van der Waals surface area contributed by atoms with E-state index in [0.717, 1.165) is 6.42 Å². The topological polar surface area (TPSA) is 24.9 Å². The number of aryl methyl sites for hydroxylation is 1. The first-order chi connectivity index (χ1) is 7.29. The summed E-state index contributed by atoms with van der Waals surface area (Å²) in [5.41, 5.74) is 1.22. The van der Waals surface area contributed by atoms with Crippen molar-refractivity contribution in [3.05, 3.63) is 16.1 Å². The van der Waals surface area contributed by atoms with E-state index in [0.29, 0.717) is 12.1 Å². The van der Waals surface area contributed by atoms with E-state index in [1.54, 1.807) is 11.3 Å². The molecule has 0 aliphatic carbocycles. The van der Waals surface area contributed by atoms with Crippen LogP contribution in [0, 0.1) is 0 Å². The van der Waals surface area contributed by atoms with Gasteiger partial charge in [0, 0.05) is 23.2 Å². The third kappa shape index (κ3) is 2.95. The highest BCUT2D eigenvalue weighted by molar-refractivity contribution is 7.99. The summed E-state index contributed by atoms with van der Waals surface area (Å²) >= 11 is 3.83. The molecular weight excluding hydrogens is 224 g/mol. The summed E-state index contributed by atoms with van der Waals surface area (Å²) < 4.78 is 0. The van der Waals surface area contributed by atoms with Crippen molar-refractivity contribution in [1.29, 1.82) is 0 Å². The van der Waals surface area contributed by atoms with Crippen LogP contribution in [0.4, 0.5) is 0 Å².